The fourth-order valence-corrected chi connectivity index (χ4v) is 3.40. The van der Waals surface area contributed by atoms with Gasteiger partial charge < -0.3 is 10.0 Å². The molecule has 1 aromatic rings. The van der Waals surface area contributed by atoms with E-state index < -0.39 is 0 Å². The molecule has 1 atom stereocenters. The maximum atomic E-state index is 8.69. The molecule has 0 saturated carbocycles. The molecule has 1 fully saturated rings. The number of hydrogen-bond donors (Lipinski definition) is 1. The number of nitrogens with zero attached hydrogens (tertiary/aromatic N) is 2. The summed E-state index contributed by atoms with van der Waals surface area (Å²) in [5.74, 6) is 5.67. The Kier molecular flexibility index (Phi) is 5.41. The zero-order valence-corrected chi connectivity index (χ0v) is 12.5. The van der Waals surface area contributed by atoms with E-state index in [4.69, 9.17) is 5.11 Å². The van der Waals surface area contributed by atoms with Crippen molar-refractivity contribution in [2.45, 2.75) is 25.4 Å². The van der Waals surface area contributed by atoms with Gasteiger partial charge in [-0.2, -0.15) is 0 Å². The second kappa shape index (κ2) is 7.06. The zero-order valence-electron chi connectivity index (χ0n) is 11.7. The summed E-state index contributed by atoms with van der Waals surface area (Å²) in [6.07, 6.45) is 2.59. The summed E-state index contributed by atoms with van der Waals surface area (Å²) < 4.78 is 0. The number of aliphatic hydroxyl groups is 1. The fourth-order valence-electron chi connectivity index (χ4n) is 2.47. The molecule has 0 bridgehead atoms. The predicted octanol–water partition coefficient (Wildman–Crippen LogP) is 1.62. The van der Waals surface area contributed by atoms with Gasteiger partial charge in [-0.05, 0) is 45.6 Å². The minimum absolute atomic E-state index is 0.0656. The summed E-state index contributed by atoms with van der Waals surface area (Å²) >= 11 is 1.74. The molecule has 0 aliphatic carbocycles. The molecule has 1 aliphatic rings. The molecule has 104 valence electrons. The summed E-state index contributed by atoms with van der Waals surface area (Å²) in [6.45, 7) is 3.31. The van der Waals surface area contributed by atoms with E-state index in [-0.39, 0.29) is 6.61 Å². The molecule has 1 N–H and O–H groups in total. The lowest BCUT2D eigenvalue weighted by Crippen LogP contribution is -2.44. The van der Waals surface area contributed by atoms with Crippen LogP contribution in [0.1, 0.15) is 22.6 Å². The number of piperidine rings is 1. The minimum atomic E-state index is -0.0656. The Morgan fingerprint density at radius 3 is 3.05 bits per heavy atom. The smallest absolute Gasteiger partial charge is 0.104 e. The van der Waals surface area contributed by atoms with Gasteiger partial charge in [-0.25, -0.2) is 0 Å². The van der Waals surface area contributed by atoms with Crippen LogP contribution >= 0.6 is 11.3 Å². The number of rotatable bonds is 3. The molecule has 2 rings (SSSR count). The molecule has 0 amide bonds. The summed E-state index contributed by atoms with van der Waals surface area (Å²) in [6, 6.07) is 4.89. The third-order valence-corrected chi connectivity index (χ3v) is 4.53. The Morgan fingerprint density at radius 1 is 1.47 bits per heavy atom. The summed E-state index contributed by atoms with van der Waals surface area (Å²) in [5, 5.41) is 8.69. The highest BCUT2D eigenvalue weighted by Gasteiger charge is 2.21. The van der Waals surface area contributed by atoms with Crippen molar-refractivity contribution in [2.75, 3.05) is 33.8 Å². The van der Waals surface area contributed by atoms with E-state index in [0.29, 0.717) is 6.04 Å². The summed E-state index contributed by atoms with van der Waals surface area (Å²) in [4.78, 5) is 7.27. The van der Waals surface area contributed by atoms with E-state index in [2.05, 4.69) is 47.9 Å². The highest BCUT2D eigenvalue weighted by atomic mass is 32.1. The van der Waals surface area contributed by atoms with Crippen LogP contribution in [-0.2, 0) is 6.54 Å². The molecule has 1 aromatic heterocycles. The van der Waals surface area contributed by atoms with Crippen LogP contribution in [0, 0.1) is 11.8 Å². The lowest BCUT2D eigenvalue weighted by molar-refractivity contribution is 0.129. The first-order chi connectivity index (χ1) is 9.19. The number of likely N-dealkylation sites (tertiary alicyclic amines) is 1. The van der Waals surface area contributed by atoms with E-state index in [1.165, 1.54) is 24.3 Å². The monoisotopic (exact) mass is 278 g/mol. The van der Waals surface area contributed by atoms with Crippen molar-refractivity contribution in [1.82, 2.24) is 9.80 Å². The van der Waals surface area contributed by atoms with E-state index in [9.17, 15) is 0 Å². The van der Waals surface area contributed by atoms with Crippen LogP contribution in [0.4, 0.5) is 0 Å². The Hall–Kier alpha value is -0.860. The van der Waals surface area contributed by atoms with Crippen LogP contribution in [-0.4, -0.2) is 54.7 Å². The molecule has 0 radical (unpaired) electrons. The van der Waals surface area contributed by atoms with Crippen molar-refractivity contribution in [3.63, 3.8) is 0 Å². The van der Waals surface area contributed by atoms with Crippen molar-refractivity contribution in [3.05, 3.63) is 21.9 Å². The number of aliphatic hydroxyl groups excluding tert-OH is 1. The molecule has 1 unspecified atom stereocenters. The van der Waals surface area contributed by atoms with Gasteiger partial charge in [0.15, 0.2) is 0 Å². The quantitative estimate of drug-likeness (QED) is 0.851. The molecule has 0 aromatic carbocycles. The normalized spacial score (nSPS) is 20.3. The summed E-state index contributed by atoms with van der Waals surface area (Å²) in [5.41, 5.74) is 0. The number of likely N-dealkylation sites (N-methyl/N-ethyl adjacent to an activating group) is 1. The first-order valence-corrected chi connectivity index (χ1v) is 7.58. The second-order valence-electron chi connectivity index (χ2n) is 5.22. The van der Waals surface area contributed by atoms with Crippen molar-refractivity contribution in [3.8, 4) is 11.8 Å². The third kappa shape index (κ3) is 4.32. The second-order valence-corrected chi connectivity index (χ2v) is 6.39. The van der Waals surface area contributed by atoms with Crippen molar-refractivity contribution >= 4 is 11.3 Å². The van der Waals surface area contributed by atoms with Crippen molar-refractivity contribution in [1.29, 1.82) is 0 Å². The van der Waals surface area contributed by atoms with Gasteiger partial charge in [0.25, 0.3) is 0 Å². The molecular formula is C15H22N2OS. The van der Waals surface area contributed by atoms with Crippen LogP contribution in [0.5, 0.6) is 0 Å². The molecule has 3 nitrogen and oxygen atoms in total. The van der Waals surface area contributed by atoms with Gasteiger partial charge in [-0.1, -0.05) is 11.8 Å². The maximum absolute atomic E-state index is 8.69. The van der Waals surface area contributed by atoms with Crippen LogP contribution in [0.3, 0.4) is 0 Å². The zero-order chi connectivity index (χ0) is 13.7. The Labute approximate surface area is 119 Å². The summed E-state index contributed by atoms with van der Waals surface area (Å²) in [7, 11) is 4.34. The first-order valence-electron chi connectivity index (χ1n) is 6.76. The molecule has 1 aliphatic heterocycles. The maximum Gasteiger partial charge on any atom is 0.104 e. The lowest BCUT2D eigenvalue weighted by atomic mass is 10.1. The van der Waals surface area contributed by atoms with Crippen LogP contribution in [0.2, 0.25) is 0 Å². The number of thiophene rings is 1. The van der Waals surface area contributed by atoms with E-state index >= 15 is 0 Å². The Bertz CT molecular complexity index is 458. The molecule has 1 saturated heterocycles. The standard InChI is InChI=1S/C15H22N2OS/c1-16(2)13-5-3-9-17(11-13)12-15-8-7-14(19-15)6-4-10-18/h7-8,13,18H,3,5,9-12H2,1-2H3. The fraction of sp³-hybridized carbons (Fsp3) is 0.600. The highest BCUT2D eigenvalue weighted by Crippen LogP contribution is 2.21. The molecule has 19 heavy (non-hydrogen) atoms. The van der Waals surface area contributed by atoms with Crippen molar-refractivity contribution in [2.24, 2.45) is 0 Å². The molecule has 0 spiro atoms. The average molecular weight is 278 g/mol. The Morgan fingerprint density at radius 2 is 2.32 bits per heavy atom. The van der Waals surface area contributed by atoms with Crippen LogP contribution in [0.15, 0.2) is 12.1 Å². The van der Waals surface area contributed by atoms with Gasteiger partial charge in [0.05, 0.1) is 4.88 Å². The molecular weight excluding hydrogens is 256 g/mol. The lowest BCUT2D eigenvalue weighted by Gasteiger charge is -2.35. The van der Waals surface area contributed by atoms with E-state index in [0.717, 1.165) is 18.0 Å². The van der Waals surface area contributed by atoms with Crippen LogP contribution < -0.4 is 0 Å². The number of hydrogen-bond acceptors (Lipinski definition) is 4. The highest BCUT2D eigenvalue weighted by molar-refractivity contribution is 7.12. The van der Waals surface area contributed by atoms with Gasteiger partial charge in [-0.3, -0.25) is 4.90 Å². The van der Waals surface area contributed by atoms with Gasteiger partial charge in [-0.15, -0.1) is 11.3 Å². The van der Waals surface area contributed by atoms with Gasteiger partial charge >= 0.3 is 0 Å². The van der Waals surface area contributed by atoms with Gasteiger partial charge in [0, 0.05) is 24.0 Å². The van der Waals surface area contributed by atoms with Gasteiger partial charge in [0.1, 0.15) is 6.61 Å². The SMILES string of the molecule is CN(C)C1CCCN(Cc2ccc(C#CCO)s2)C1. The van der Waals surface area contributed by atoms with E-state index in [1.54, 1.807) is 11.3 Å². The Balaban J connectivity index is 1.91. The molecule has 2 heterocycles. The third-order valence-electron chi connectivity index (χ3n) is 3.54. The largest absolute Gasteiger partial charge is 0.384 e. The topological polar surface area (TPSA) is 26.7 Å². The predicted molar refractivity (Wildman–Crippen MR) is 80.3 cm³/mol. The molecule has 4 heteroatoms. The van der Waals surface area contributed by atoms with Crippen LogP contribution in [0.25, 0.3) is 0 Å². The van der Waals surface area contributed by atoms with E-state index in [1.807, 2.05) is 0 Å². The van der Waals surface area contributed by atoms with Gasteiger partial charge in [0.2, 0.25) is 0 Å². The van der Waals surface area contributed by atoms with Crippen molar-refractivity contribution < 1.29 is 5.11 Å². The first kappa shape index (κ1) is 14.5. The minimum Gasteiger partial charge on any atom is -0.384 e. The average Bonchev–Trinajstić information content (AvgIpc) is 2.84.